The Bertz CT molecular complexity index is 2380. The zero-order valence-corrected chi connectivity index (χ0v) is 33.3. The van der Waals surface area contributed by atoms with Gasteiger partial charge in [-0.25, -0.2) is 0 Å². The number of rotatable bonds is 5. The third kappa shape index (κ3) is 6.36. The van der Waals surface area contributed by atoms with E-state index in [1.54, 1.807) is 6.07 Å². The molecule has 0 radical (unpaired) electrons. The summed E-state index contributed by atoms with van der Waals surface area (Å²) in [5.41, 5.74) is 13.7. The Kier molecular flexibility index (Phi) is 9.37. The Morgan fingerprint density at radius 2 is 1.06 bits per heavy atom. The first-order chi connectivity index (χ1) is 24.9. The summed E-state index contributed by atoms with van der Waals surface area (Å²) >= 11 is 0. The molecule has 0 saturated heterocycles. The monoisotopic (exact) mass is 870 g/mol. The van der Waals surface area contributed by atoms with Gasteiger partial charge in [-0.15, -0.1) is 23.8 Å². The predicted molar refractivity (Wildman–Crippen MR) is 214 cm³/mol. The zero-order chi connectivity index (χ0) is 36.3. The second kappa shape index (κ2) is 13.7. The van der Waals surface area contributed by atoms with Crippen molar-refractivity contribution in [3.63, 3.8) is 0 Å². The molecule has 0 saturated carbocycles. The largest absolute Gasteiger partial charge is 0.515 e. The number of benzene rings is 5. The number of fused-ring (bicyclic) bond motifs is 3. The molecule has 0 spiro atoms. The fourth-order valence-electron chi connectivity index (χ4n) is 7.68. The van der Waals surface area contributed by atoms with Crippen LogP contribution in [0.2, 0.25) is 0 Å². The van der Waals surface area contributed by atoms with Crippen LogP contribution < -0.4 is 0 Å². The van der Waals surface area contributed by atoms with E-state index in [4.69, 9.17) is 9.97 Å². The number of phenolic OH excluding ortho intramolecular Hbond substituents is 1. The van der Waals surface area contributed by atoms with Gasteiger partial charge in [0, 0.05) is 33.0 Å². The fourth-order valence-corrected chi connectivity index (χ4v) is 7.68. The Balaban J connectivity index is 0.00000435. The molecule has 0 atom stereocenters. The van der Waals surface area contributed by atoms with E-state index in [1.165, 1.54) is 33.4 Å². The number of pyridine rings is 2. The van der Waals surface area contributed by atoms with E-state index in [0.29, 0.717) is 0 Å². The van der Waals surface area contributed by atoms with Gasteiger partial charge < -0.3 is 5.11 Å². The van der Waals surface area contributed by atoms with E-state index < -0.39 is 5.41 Å². The van der Waals surface area contributed by atoms with E-state index in [-0.39, 0.29) is 37.6 Å². The van der Waals surface area contributed by atoms with E-state index in [1.807, 2.05) is 30.5 Å². The molecular formula is C49H43N2OPt-. The van der Waals surface area contributed by atoms with Gasteiger partial charge in [-0.2, -0.15) is 0 Å². The van der Waals surface area contributed by atoms with Crippen molar-refractivity contribution in [2.45, 2.75) is 57.8 Å². The maximum atomic E-state index is 11.1. The predicted octanol–water partition coefficient (Wildman–Crippen LogP) is 11.9. The average molecular weight is 871 g/mol. The van der Waals surface area contributed by atoms with Gasteiger partial charge in [0.1, 0.15) is 5.41 Å². The molecule has 0 aliphatic heterocycles. The summed E-state index contributed by atoms with van der Waals surface area (Å²) in [6, 6.07) is 52.2. The summed E-state index contributed by atoms with van der Waals surface area (Å²) in [5, 5.41) is 11.1. The van der Waals surface area contributed by atoms with Gasteiger partial charge in [0.15, 0.2) is 0 Å². The number of para-hydroxylation sites is 1. The minimum Gasteiger partial charge on any atom is -0.515 e. The van der Waals surface area contributed by atoms with Gasteiger partial charge in [0.25, 0.3) is 0 Å². The molecule has 2 heterocycles. The molecule has 0 unspecified atom stereocenters. The third-order valence-electron chi connectivity index (χ3n) is 10.5. The van der Waals surface area contributed by atoms with E-state index >= 15 is 0 Å². The van der Waals surface area contributed by atoms with Crippen LogP contribution >= 0.6 is 0 Å². The van der Waals surface area contributed by atoms with Crippen molar-refractivity contribution in [3.05, 3.63) is 185 Å². The molecule has 0 bridgehead atoms. The summed E-state index contributed by atoms with van der Waals surface area (Å²) < 4.78 is 0. The van der Waals surface area contributed by atoms with Crippen molar-refractivity contribution >= 4 is 0 Å². The number of phenols is 1. The molecule has 8 rings (SSSR count). The average Bonchev–Trinajstić information content (AvgIpc) is 3.45. The fraction of sp³-hybridized carbons (Fsp3) is 0.184. The Morgan fingerprint density at radius 3 is 1.64 bits per heavy atom. The van der Waals surface area contributed by atoms with Crippen LogP contribution in [0.3, 0.4) is 0 Å². The van der Waals surface area contributed by atoms with E-state index in [0.717, 1.165) is 44.9 Å². The van der Waals surface area contributed by atoms with Crippen molar-refractivity contribution < 1.29 is 26.2 Å². The minimum atomic E-state index is -0.717. The molecule has 0 fully saturated rings. The van der Waals surface area contributed by atoms with Crippen LogP contribution in [-0.2, 0) is 37.3 Å². The smallest absolute Gasteiger partial charge is 0.105 e. The van der Waals surface area contributed by atoms with Crippen LogP contribution in [0.25, 0.3) is 44.6 Å². The number of hydrogen-bond acceptors (Lipinski definition) is 3. The zero-order valence-electron chi connectivity index (χ0n) is 31.0. The topological polar surface area (TPSA) is 46.0 Å². The molecule has 0 amide bonds. The molecule has 1 N–H and O–H groups in total. The van der Waals surface area contributed by atoms with Crippen LogP contribution in [0.15, 0.2) is 146 Å². The molecule has 266 valence electrons. The Morgan fingerprint density at radius 1 is 0.528 bits per heavy atom. The summed E-state index contributed by atoms with van der Waals surface area (Å²) in [6.07, 6.45) is 1.87. The van der Waals surface area contributed by atoms with E-state index in [9.17, 15) is 5.11 Å². The molecule has 7 aromatic rings. The number of nitrogens with zero attached hydrogens (tertiary/aromatic N) is 2. The van der Waals surface area contributed by atoms with Crippen molar-refractivity contribution in [3.8, 4) is 50.4 Å². The van der Waals surface area contributed by atoms with Crippen LogP contribution in [-0.4, -0.2) is 15.1 Å². The molecular weight excluding hydrogens is 828 g/mol. The van der Waals surface area contributed by atoms with Crippen LogP contribution in [0.4, 0.5) is 0 Å². The quantitative estimate of drug-likeness (QED) is 0.175. The first-order valence-electron chi connectivity index (χ1n) is 18.1. The Labute approximate surface area is 328 Å². The minimum absolute atomic E-state index is 0. The van der Waals surface area contributed by atoms with E-state index in [2.05, 4.69) is 157 Å². The first kappa shape index (κ1) is 36.3. The van der Waals surface area contributed by atoms with Crippen molar-refractivity contribution in [2.75, 3.05) is 0 Å². The Hall–Kier alpha value is -5.11. The van der Waals surface area contributed by atoms with Gasteiger partial charge in [0.05, 0.1) is 17.1 Å². The number of aromatic hydroxyl groups is 1. The molecule has 5 aromatic carbocycles. The van der Waals surface area contributed by atoms with Gasteiger partial charge in [-0.1, -0.05) is 156 Å². The van der Waals surface area contributed by atoms with Crippen molar-refractivity contribution in [2.24, 2.45) is 0 Å². The van der Waals surface area contributed by atoms with Crippen LogP contribution in [0, 0.1) is 6.07 Å². The van der Waals surface area contributed by atoms with Gasteiger partial charge in [-0.05, 0) is 79.6 Å². The molecule has 1 aliphatic carbocycles. The van der Waals surface area contributed by atoms with Crippen molar-refractivity contribution in [1.29, 1.82) is 0 Å². The number of hydrogen-bond donors (Lipinski definition) is 1. The van der Waals surface area contributed by atoms with Crippen LogP contribution in [0.5, 0.6) is 5.75 Å². The number of aromatic nitrogens is 2. The second-order valence-corrected chi connectivity index (χ2v) is 16.0. The molecule has 4 heteroatoms. The first-order valence-corrected chi connectivity index (χ1v) is 18.1. The van der Waals surface area contributed by atoms with Crippen molar-refractivity contribution in [1.82, 2.24) is 9.97 Å². The van der Waals surface area contributed by atoms with Gasteiger partial charge in [0.2, 0.25) is 0 Å². The molecule has 53 heavy (non-hydrogen) atoms. The molecule has 3 nitrogen and oxygen atoms in total. The summed E-state index contributed by atoms with van der Waals surface area (Å²) in [6.45, 7) is 13.6. The SMILES string of the molecule is CC(C)(C)c1cc(-c2cc(-c3cccc(C4(c5ccccn5)c5ccccc5-c5ccccc54)n3)[c-]c(-c3ccccc3O)c2)cc(C(C)(C)C)c1.[Pt]. The second-order valence-electron chi connectivity index (χ2n) is 16.0. The van der Waals surface area contributed by atoms with Gasteiger partial charge in [-0.3, -0.25) is 9.97 Å². The normalized spacial score (nSPS) is 13.2. The third-order valence-corrected chi connectivity index (χ3v) is 10.5. The maximum absolute atomic E-state index is 11.1. The molecule has 1 aliphatic rings. The standard InChI is InChI=1S/C49H43N2O.Pt/c1-47(2,3)36-29-33(30-37(31-36)48(4,5)6)32-26-34(38-16-9-12-22-44(38)52)28-35(27-32)43-21-15-24-46(51-43)49(45-23-13-14-25-50-45)41-19-10-7-17-39(41)40-18-8-11-20-42(40)49;/h7-27,29-31,52H,1-6H3;/q-1;. The maximum Gasteiger partial charge on any atom is 0.105 e. The molecule has 2 aromatic heterocycles. The summed E-state index contributed by atoms with van der Waals surface area (Å²) in [7, 11) is 0. The summed E-state index contributed by atoms with van der Waals surface area (Å²) in [5.74, 6) is 0.218. The summed E-state index contributed by atoms with van der Waals surface area (Å²) in [4.78, 5) is 10.6. The van der Waals surface area contributed by atoms with Crippen LogP contribution in [0.1, 0.15) is 75.2 Å². The van der Waals surface area contributed by atoms with Gasteiger partial charge >= 0.3 is 0 Å².